The molecule has 0 spiro atoms. The molecule has 1 N–H and O–H groups in total. The first kappa shape index (κ1) is 16.3. The van der Waals surface area contributed by atoms with Gasteiger partial charge in [-0.25, -0.2) is 0 Å². The van der Waals surface area contributed by atoms with Gasteiger partial charge in [-0.05, 0) is 54.2 Å². The highest BCUT2D eigenvalue weighted by Crippen LogP contribution is 2.29. The van der Waals surface area contributed by atoms with Crippen molar-refractivity contribution in [3.8, 4) is 5.75 Å². The summed E-state index contributed by atoms with van der Waals surface area (Å²) in [5.74, 6) is 0.979. The highest BCUT2D eigenvalue weighted by atomic mass is 79.9. The predicted molar refractivity (Wildman–Crippen MR) is 85.7 cm³/mol. The van der Waals surface area contributed by atoms with Gasteiger partial charge in [-0.2, -0.15) is 0 Å². The van der Waals surface area contributed by atoms with Crippen molar-refractivity contribution in [1.29, 1.82) is 0 Å². The number of halogens is 1. The minimum Gasteiger partial charge on any atom is -0.492 e. The highest BCUT2D eigenvalue weighted by molar-refractivity contribution is 9.10. The Morgan fingerprint density at radius 1 is 1.32 bits per heavy atom. The maximum atomic E-state index is 5.93. The van der Waals surface area contributed by atoms with Crippen molar-refractivity contribution in [1.82, 2.24) is 5.32 Å². The molecule has 2 nitrogen and oxygen atoms in total. The lowest BCUT2D eigenvalue weighted by Gasteiger charge is -2.13. The van der Waals surface area contributed by atoms with Crippen LogP contribution >= 0.6 is 15.9 Å². The number of nitrogens with one attached hydrogen (secondary N) is 1. The first-order valence-electron chi connectivity index (χ1n) is 7.01. The van der Waals surface area contributed by atoms with Gasteiger partial charge in [-0.1, -0.05) is 25.1 Å². The quantitative estimate of drug-likeness (QED) is 0.498. The summed E-state index contributed by atoms with van der Waals surface area (Å²) in [6.45, 7) is 8.43. The lowest BCUT2D eigenvalue weighted by molar-refractivity contribution is 0.300. The third-order valence-electron chi connectivity index (χ3n) is 2.91. The molecule has 0 amide bonds. The average Bonchev–Trinajstić information content (AvgIpc) is 2.42. The Balaban J connectivity index is 2.44. The molecule has 0 aliphatic carbocycles. The molecule has 0 atom stereocenters. The van der Waals surface area contributed by atoms with Crippen LogP contribution in [0.5, 0.6) is 5.75 Å². The largest absolute Gasteiger partial charge is 0.492 e. The SMILES string of the molecule is C=CCCCCCOc1c(Br)cccc1CNCC. The number of rotatable bonds is 10. The normalized spacial score (nSPS) is 10.4. The van der Waals surface area contributed by atoms with Gasteiger partial charge >= 0.3 is 0 Å². The molecule has 0 fully saturated rings. The van der Waals surface area contributed by atoms with Crippen LogP contribution in [0.15, 0.2) is 35.3 Å². The van der Waals surface area contributed by atoms with E-state index in [0.29, 0.717) is 0 Å². The minimum absolute atomic E-state index is 0.777. The van der Waals surface area contributed by atoms with E-state index in [9.17, 15) is 0 Å². The van der Waals surface area contributed by atoms with Crippen molar-refractivity contribution in [2.24, 2.45) is 0 Å². The molecule has 106 valence electrons. The number of hydrogen-bond acceptors (Lipinski definition) is 2. The number of ether oxygens (including phenoxy) is 1. The van der Waals surface area contributed by atoms with Crippen LogP contribution < -0.4 is 10.1 Å². The summed E-state index contributed by atoms with van der Waals surface area (Å²) in [5, 5.41) is 3.34. The molecule has 1 aromatic rings. The molecule has 0 unspecified atom stereocenters. The topological polar surface area (TPSA) is 21.3 Å². The van der Waals surface area contributed by atoms with Gasteiger partial charge in [-0.15, -0.1) is 6.58 Å². The van der Waals surface area contributed by atoms with E-state index in [4.69, 9.17) is 4.74 Å². The molecular weight excluding hydrogens is 302 g/mol. The molecule has 0 heterocycles. The summed E-state index contributed by atoms with van der Waals surface area (Å²) in [7, 11) is 0. The third-order valence-corrected chi connectivity index (χ3v) is 3.54. The molecule has 0 aromatic heterocycles. The van der Waals surface area contributed by atoms with E-state index >= 15 is 0 Å². The standard InChI is InChI=1S/C16H24BrNO/c1-3-5-6-7-8-12-19-16-14(13-18-4-2)10-9-11-15(16)17/h3,9-11,18H,1,4-8,12-13H2,2H3. The van der Waals surface area contributed by atoms with Crippen LogP contribution in [0.25, 0.3) is 0 Å². The van der Waals surface area contributed by atoms with Crippen LogP contribution in [0.2, 0.25) is 0 Å². The van der Waals surface area contributed by atoms with Gasteiger partial charge < -0.3 is 10.1 Å². The first-order chi connectivity index (χ1) is 9.29. The van der Waals surface area contributed by atoms with Crippen molar-refractivity contribution < 1.29 is 4.74 Å². The van der Waals surface area contributed by atoms with Crippen LogP contribution in [0, 0.1) is 0 Å². The molecular formula is C16H24BrNO. The van der Waals surface area contributed by atoms with Crippen LogP contribution in [0.4, 0.5) is 0 Å². The number of allylic oxidation sites excluding steroid dienone is 1. The van der Waals surface area contributed by atoms with E-state index in [1.165, 1.54) is 18.4 Å². The second-order valence-corrected chi connectivity index (χ2v) is 5.35. The summed E-state index contributed by atoms with van der Waals surface area (Å²) < 4.78 is 6.97. The molecule has 0 radical (unpaired) electrons. The second kappa shape index (κ2) is 10.0. The monoisotopic (exact) mass is 325 g/mol. The van der Waals surface area contributed by atoms with Gasteiger partial charge in [0.15, 0.2) is 0 Å². The zero-order chi connectivity index (χ0) is 13.9. The first-order valence-corrected chi connectivity index (χ1v) is 7.80. The molecule has 1 rings (SSSR count). The van der Waals surface area contributed by atoms with E-state index in [0.717, 1.165) is 42.8 Å². The highest BCUT2D eigenvalue weighted by Gasteiger charge is 2.07. The van der Waals surface area contributed by atoms with Gasteiger partial charge in [0.05, 0.1) is 11.1 Å². The zero-order valence-corrected chi connectivity index (χ0v) is 13.3. The molecule has 3 heteroatoms. The number of para-hydroxylation sites is 1. The van der Waals surface area contributed by atoms with Crippen molar-refractivity contribution in [3.63, 3.8) is 0 Å². The second-order valence-electron chi connectivity index (χ2n) is 4.49. The van der Waals surface area contributed by atoms with E-state index in [-0.39, 0.29) is 0 Å². The Hall–Kier alpha value is -0.800. The molecule has 0 saturated carbocycles. The summed E-state index contributed by atoms with van der Waals surface area (Å²) in [4.78, 5) is 0. The van der Waals surface area contributed by atoms with E-state index in [1.807, 2.05) is 18.2 Å². The van der Waals surface area contributed by atoms with Gasteiger partial charge in [0.1, 0.15) is 5.75 Å². The fourth-order valence-electron chi connectivity index (χ4n) is 1.86. The zero-order valence-electron chi connectivity index (χ0n) is 11.8. The molecule has 0 aliphatic rings. The Morgan fingerprint density at radius 2 is 2.16 bits per heavy atom. The molecule has 19 heavy (non-hydrogen) atoms. The lowest BCUT2D eigenvalue weighted by Crippen LogP contribution is -2.13. The smallest absolute Gasteiger partial charge is 0.137 e. The predicted octanol–water partition coefficient (Wildman–Crippen LogP) is 4.68. The Bertz CT molecular complexity index is 379. The maximum absolute atomic E-state index is 5.93. The summed E-state index contributed by atoms with van der Waals surface area (Å²) in [6.07, 6.45) is 6.56. The van der Waals surface area contributed by atoms with E-state index in [1.54, 1.807) is 0 Å². The van der Waals surface area contributed by atoms with Crippen molar-refractivity contribution in [2.75, 3.05) is 13.2 Å². The van der Waals surface area contributed by atoms with Gasteiger partial charge in [-0.3, -0.25) is 0 Å². The van der Waals surface area contributed by atoms with E-state index in [2.05, 4.69) is 40.8 Å². The van der Waals surface area contributed by atoms with Gasteiger partial charge in [0.25, 0.3) is 0 Å². The molecule has 0 aliphatic heterocycles. The van der Waals surface area contributed by atoms with Gasteiger partial charge in [0, 0.05) is 12.1 Å². The van der Waals surface area contributed by atoms with Crippen molar-refractivity contribution in [2.45, 2.75) is 39.2 Å². The van der Waals surface area contributed by atoms with Crippen molar-refractivity contribution in [3.05, 3.63) is 40.9 Å². The fourth-order valence-corrected chi connectivity index (χ4v) is 2.38. The average molecular weight is 326 g/mol. The van der Waals surface area contributed by atoms with Crippen LogP contribution in [-0.2, 0) is 6.54 Å². The molecule has 0 bridgehead atoms. The van der Waals surface area contributed by atoms with Crippen LogP contribution in [-0.4, -0.2) is 13.2 Å². The van der Waals surface area contributed by atoms with Gasteiger partial charge in [0.2, 0.25) is 0 Å². The lowest BCUT2D eigenvalue weighted by atomic mass is 10.2. The minimum atomic E-state index is 0.777. The Morgan fingerprint density at radius 3 is 2.89 bits per heavy atom. The maximum Gasteiger partial charge on any atom is 0.137 e. The summed E-state index contributed by atoms with van der Waals surface area (Å²) >= 11 is 3.57. The Labute approximate surface area is 125 Å². The number of unbranched alkanes of at least 4 members (excludes halogenated alkanes) is 3. The molecule has 0 saturated heterocycles. The Kier molecular flexibility index (Phi) is 8.59. The fraction of sp³-hybridized carbons (Fsp3) is 0.500. The van der Waals surface area contributed by atoms with Crippen LogP contribution in [0.3, 0.4) is 0 Å². The van der Waals surface area contributed by atoms with Crippen LogP contribution in [0.1, 0.15) is 38.2 Å². The summed E-state index contributed by atoms with van der Waals surface area (Å²) in [5.41, 5.74) is 1.21. The third kappa shape index (κ3) is 6.26. The summed E-state index contributed by atoms with van der Waals surface area (Å²) in [6, 6.07) is 6.19. The van der Waals surface area contributed by atoms with E-state index < -0.39 is 0 Å². The van der Waals surface area contributed by atoms with Crippen molar-refractivity contribution >= 4 is 15.9 Å². The number of benzene rings is 1. The number of hydrogen-bond donors (Lipinski definition) is 1. The molecule has 1 aromatic carbocycles.